The largest absolute Gasteiger partial charge is 0.320 e. The summed E-state index contributed by atoms with van der Waals surface area (Å²) in [6.45, 7) is 2.83. The van der Waals surface area contributed by atoms with E-state index in [9.17, 15) is 0 Å². The molecule has 1 heterocycles. The van der Waals surface area contributed by atoms with Gasteiger partial charge in [-0.05, 0) is 44.5 Å². The van der Waals surface area contributed by atoms with Crippen LogP contribution in [0.1, 0.15) is 6.42 Å². The molecule has 0 spiro atoms. The summed E-state index contributed by atoms with van der Waals surface area (Å²) in [5, 5.41) is 15.7. The summed E-state index contributed by atoms with van der Waals surface area (Å²) in [6, 6.07) is 0. The number of hydrogen-bond acceptors (Lipinski definition) is 6. The molecule has 0 saturated heterocycles. The lowest BCUT2D eigenvalue weighted by molar-refractivity contribution is 0.361. The van der Waals surface area contributed by atoms with Gasteiger partial charge in [0.05, 0.1) is 6.54 Å². The van der Waals surface area contributed by atoms with E-state index in [1.54, 1.807) is 11.8 Å². The Labute approximate surface area is 101 Å². The Morgan fingerprint density at radius 1 is 1.44 bits per heavy atom. The van der Waals surface area contributed by atoms with Crippen LogP contribution in [-0.2, 0) is 6.54 Å². The average molecular weight is 244 g/mol. The zero-order chi connectivity index (χ0) is 11.8. The summed E-state index contributed by atoms with van der Waals surface area (Å²) in [7, 11) is 6.06. The van der Waals surface area contributed by atoms with Gasteiger partial charge in [0.2, 0.25) is 5.16 Å². The van der Waals surface area contributed by atoms with Crippen molar-refractivity contribution in [2.75, 3.05) is 40.0 Å². The SMILES string of the molecule is CNCCCSc1nnnn1CCN(C)C. The second kappa shape index (κ2) is 7.59. The van der Waals surface area contributed by atoms with Gasteiger partial charge in [0.25, 0.3) is 0 Å². The molecule has 0 aromatic carbocycles. The monoisotopic (exact) mass is 244 g/mol. The Morgan fingerprint density at radius 3 is 2.94 bits per heavy atom. The average Bonchev–Trinajstić information content (AvgIpc) is 2.69. The third-order valence-electron chi connectivity index (χ3n) is 2.06. The first kappa shape index (κ1) is 13.4. The molecule has 92 valence electrons. The third kappa shape index (κ3) is 4.91. The van der Waals surface area contributed by atoms with Gasteiger partial charge in [0.15, 0.2) is 0 Å². The van der Waals surface area contributed by atoms with E-state index in [-0.39, 0.29) is 0 Å². The van der Waals surface area contributed by atoms with Crippen molar-refractivity contribution in [1.29, 1.82) is 0 Å². The molecule has 0 bridgehead atoms. The number of thioether (sulfide) groups is 1. The highest BCUT2D eigenvalue weighted by Crippen LogP contribution is 2.13. The number of tetrazole rings is 1. The Hall–Kier alpha value is -0.660. The van der Waals surface area contributed by atoms with E-state index in [1.165, 1.54) is 0 Å². The molecule has 16 heavy (non-hydrogen) atoms. The summed E-state index contributed by atoms with van der Waals surface area (Å²) < 4.78 is 1.87. The number of nitrogens with one attached hydrogen (secondary N) is 1. The van der Waals surface area contributed by atoms with Crippen molar-refractivity contribution in [1.82, 2.24) is 30.4 Å². The summed E-state index contributed by atoms with van der Waals surface area (Å²) in [4.78, 5) is 2.12. The van der Waals surface area contributed by atoms with Crippen molar-refractivity contribution in [2.24, 2.45) is 0 Å². The highest BCUT2D eigenvalue weighted by molar-refractivity contribution is 7.99. The Bertz CT molecular complexity index is 287. The van der Waals surface area contributed by atoms with Gasteiger partial charge < -0.3 is 10.2 Å². The Kier molecular flexibility index (Phi) is 6.36. The van der Waals surface area contributed by atoms with Crippen molar-refractivity contribution in [3.05, 3.63) is 0 Å². The first-order valence-corrected chi connectivity index (χ1v) is 6.41. The lowest BCUT2D eigenvalue weighted by atomic mass is 10.5. The molecule has 0 saturated carbocycles. The van der Waals surface area contributed by atoms with Crippen LogP contribution in [0, 0.1) is 0 Å². The maximum absolute atomic E-state index is 4.02. The number of aromatic nitrogens is 4. The van der Waals surface area contributed by atoms with Gasteiger partial charge in [-0.3, -0.25) is 0 Å². The molecule has 0 aliphatic carbocycles. The molecule has 0 aliphatic heterocycles. The van der Waals surface area contributed by atoms with E-state index in [4.69, 9.17) is 0 Å². The molecule has 7 heteroatoms. The Balaban J connectivity index is 2.32. The lowest BCUT2D eigenvalue weighted by Crippen LogP contribution is -2.19. The second-order valence-corrected chi connectivity index (χ2v) is 4.86. The van der Waals surface area contributed by atoms with Crippen molar-refractivity contribution >= 4 is 11.8 Å². The van der Waals surface area contributed by atoms with Crippen LogP contribution in [0.25, 0.3) is 0 Å². The summed E-state index contributed by atoms with van der Waals surface area (Å²) >= 11 is 1.71. The first-order valence-electron chi connectivity index (χ1n) is 5.42. The van der Waals surface area contributed by atoms with E-state index in [0.717, 1.165) is 37.0 Å². The Morgan fingerprint density at radius 2 is 2.25 bits per heavy atom. The van der Waals surface area contributed by atoms with Gasteiger partial charge >= 0.3 is 0 Å². The minimum absolute atomic E-state index is 0.842. The lowest BCUT2D eigenvalue weighted by Gasteiger charge is -2.09. The number of rotatable bonds is 8. The van der Waals surface area contributed by atoms with Crippen LogP contribution < -0.4 is 5.32 Å². The van der Waals surface area contributed by atoms with E-state index in [2.05, 4.69) is 25.7 Å². The van der Waals surface area contributed by atoms with Crippen LogP contribution in [0.4, 0.5) is 0 Å². The van der Waals surface area contributed by atoms with Crippen LogP contribution in [0.3, 0.4) is 0 Å². The molecule has 0 amide bonds. The molecular weight excluding hydrogens is 224 g/mol. The zero-order valence-electron chi connectivity index (χ0n) is 10.2. The molecule has 0 radical (unpaired) electrons. The molecule has 0 atom stereocenters. The topological polar surface area (TPSA) is 58.9 Å². The highest BCUT2D eigenvalue weighted by Gasteiger charge is 2.06. The maximum atomic E-state index is 4.02. The second-order valence-electron chi connectivity index (χ2n) is 3.79. The van der Waals surface area contributed by atoms with Gasteiger partial charge in [-0.1, -0.05) is 11.8 Å². The van der Waals surface area contributed by atoms with Gasteiger partial charge in [0, 0.05) is 12.3 Å². The van der Waals surface area contributed by atoms with E-state index in [0.29, 0.717) is 0 Å². The van der Waals surface area contributed by atoms with Gasteiger partial charge in [-0.2, -0.15) is 0 Å². The van der Waals surface area contributed by atoms with Crippen LogP contribution in [0.15, 0.2) is 5.16 Å². The fourth-order valence-corrected chi connectivity index (χ4v) is 1.99. The fraction of sp³-hybridized carbons (Fsp3) is 0.889. The molecule has 1 N–H and O–H groups in total. The summed E-state index contributed by atoms with van der Waals surface area (Å²) in [5.41, 5.74) is 0. The third-order valence-corrected chi connectivity index (χ3v) is 3.10. The summed E-state index contributed by atoms with van der Waals surface area (Å²) in [5.74, 6) is 1.04. The van der Waals surface area contributed by atoms with E-state index >= 15 is 0 Å². The van der Waals surface area contributed by atoms with Crippen LogP contribution in [-0.4, -0.2) is 65.1 Å². The zero-order valence-corrected chi connectivity index (χ0v) is 11.0. The molecule has 0 aliphatic rings. The molecule has 0 unspecified atom stereocenters. The number of hydrogen-bond donors (Lipinski definition) is 1. The normalized spacial score (nSPS) is 11.2. The quantitative estimate of drug-likeness (QED) is 0.510. The van der Waals surface area contributed by atoms with Crippen molar-refractivity contribution in [2.45, 2.75) is 18.1 Å². The number of nitrogens with zero attached hydrogens (tertiary/aromatic N) is 5. The van der Waals surface area contributed by atoms with Gasteiger partial charge in [0.1, 0.15) is 0 Å². The van der Waals surface area contributed by atoms with Crippen molar-refractivity contribution in [3.8, 4) is 0 Å². The molecule has 1 rings (SSSR count). The molecule has 1 aromatic heterocycles. The fourth-order valence-electron chi connectivity index (χ4n) is 1.15. The molecular formula is C9H20N6S. The maximum Gasteiger partial charge on any atom is 0.209 e. The molecule has 0 fully saturated rings. The van der Waals surface area contributed by atoms with Crippen LogP contribution in [0.5, 0.6) is 0 Å². The standard InChI is InChI=1S/C9H20N6S/c1-10-5-4-8-16-9-11-12-13-15(9)7-6-14(2)3/h10H,4-8H2,1-3H3. The number of likely N-dealkylation sites (N-methyl/N-ethyl adjacent to an activating group) is 1. The smallest absolute Gasteiger partial charge is 0.209 e. The highest BCUT2D eigenvalue weighted by atomic mass is 32.2. The van der Waals surface area contributed by atoms with Crippen LogP contribution >= 0.6 is 11.8 Å². The minimum Gasteiger partial charge on any atom is -0.320 e. The van der Waals surface area contributed by atoms with Gasteiger partial charge in [-0.15, -0.1) is 5.10 Å². The minimum atomic E-state index is 0.842. The predicted molar refractivity (Wildman–Crippen MR) is 65.6 cm³/mol. The van der Waals surface area contributed by atoms with Crippen molar-refractivity contribution in [3.63, 3.8) is 0 Å². The first-order chi connectivity index (χ1) is 7.74. The van der Waals surface area contributed by atoms with Crippen molar-refractivity contribution < 1.29 is 0 Å². The van der Waals surface area contributed by atoms with Crippen LogP contribution in [0.2, 0.25) is 0 Å². The summed E-state index contributed by atoms with van der Waals surface area (Å²) in [6.07, 6.45) is 1.13. The molecule has 1 aromatic rings. The van der Waals surface area contributed by atoms with E-state index in [1.807, 2.05) is 25.8 Å². The predicted octanol–water partition coefficient (Wildman–Crippen LogP) is -0.0637. The van der Waals surface area contributed by atoms with E-state index < -0.39 is 0 Å². The molecule has 6 nitrogen and oxygen atoms in total. The van der Waals surface area contributed by atoms with Gasteiger partial charge in [-0.25, -0.2) is 4.68 Å².